The SMILES string of the molecule is O=[N+]([O-])c1ccc(C=NN2CCN(Cc3ccc(Cl)cc3)CC2)cc1. The fraction of sp³-hybridized carbons (Fsp3) is 0.278. The zero-order valence-corrected chi connectivity index (χ0v) is 14.5. The molecule has 0 amide bonds. The van der Waals surface area contributed by atoms with E-state index in [2.05, 4.69) is 22.1 Å². The Morgan fingerprint density at radius 2 is 1.68 bits per heavy atom. The second kappa shape index (κ2) is 8.09. The maximum absolute atomic E-state index is 10.6. The quantitative estimate of drug-likeness (QED) is 0.467. The minimum absolute atomic E-state index is 0.0907. The number of nitrogens with zero attached hydrogens (tertiary/aromatic N) is 4. The van der Waals surface area contributed by atoms with Crippen molar-refractivity contribution >= 4 is 23.5 Å². The molecule has 0 spiro atoms. The molecule has 1 fully saturated rings. The molecule has 2 aromatic carbocycles. The van der Waals surface area contributed by atoms with E-state index in [0.717, 1.165) is 43.3 Å². The fourth-order valence-corrected chi connectivity index (χ4v) is 2.82. The molecule has 1 heterocycles. The highest BCUT2D eigenvalue weighted by Crippen LogP contribution is 2.14. The Labute approximate surface area is 151 Å². The van der Waals surface area contributed by atoms with E-state index in [1.807, 2.05) is 17.1 Å². The van der Waals surface area contributed by atoms with Crippen LogP contribution < -0.4 is 0 Å². The number of hydrogen-bond donors (Lipinski definition) is 0. The van der Waals surface area contributed by atoms with Crippen LogP contribution in [0.1, 0.15) is 11.1 Å². The van der Waals surface area contributed by atoms with Crippen molar-refractivity contribution in [3.8, 4) is 0 Å². The van der Waals surface area contributed by atoms with Crippen LogP contribution in [-0.4, -0.2) is 47.2 Å². The number of benzene rings is 2. The van der Waals surface area contributed by atoms with E-state index in [9.17, 15) is 10.1 Å². The van der Waals surface area contributed by atoms with Crippen molar-refractivity contribution in [1.82, 2.24) is 9.91 Å². The molecular weight excluding hydrogens is 340 g/mol. The highest BCUT2D eigenvalue weighted by molar-refractivity contribution is 6.30. The van der Waals surface area contributed by atoms with Gasteiger partial charge in [-0.2, -0.15) is 5.10 Å². The molecule has 7 heteroatoms. The average Bonchev–Trinajstić information content (AvgIpc) is 2.63. The van der Waals surface area contributed by atoms with Gasteiger partial charge in [0.25, 0.3) is 5.69 Å². The van der Waals surface area contributed by atoms with Gasteiger partial charge in [0.2, 0.25) is 0 Å². The Kier molecular flexibility index (Phi) is 5.63. The molecule has 0 saturated carbocycles. The first-order chi connectivity index (χ1) is 12.1. The lowest BCUT2D eigenvalue weighted by Crippen LogP contribution is -2.43. The molecule has 130 valence electrons. The van der Waals surface area contributed by atoms with Crippen LogP contribution in [0.15, 0.2) is 53.6 Å². The number of nitro groups is 1. The van der Waals surface area contributed by atoms with E-state index in [1.165, 1.54) is 17.7 Å². The molecule has 0 atom stereocenters. The van der Waals surface area contributed by atoms with Crippen LogP contribution in [0.5, 0.6) is 0 Å². The number of hydrogen-bond acceptors (Lipinski definition) is 5. The monoisotopic (exact) mass is 358 g/mol. The molecule has 0 unspecified atom stereocenters. The third-order valence-electron chi connectivity index (χ3n) is 4.14. The normalized spacial score (nSPS) is 15.6. The Balaban J connectivity index is 1.48. The van der Waals surface area contributed by atoms with Crippen LogP contribution >= 0.6 is 11.6 Å². The number of rotatable bonds is 5. The lowest BCUT2D eigenvalue weighted by atomic mass is 10.2. The van der Waals surface area contributed by atoms with Crippen LogP contribution in [0.4, 0.5) is 5.69 Å². The molecule has 25 heavy (non-hydrogen) atoms. The van der Waals surface area contributed by atoms with Gasteiger partial charge in [0, 0.05) is 49.9 Å². The number of halogens is 1. The minimum Gasteiger partial charge on any atom is -0.295 e. The van der Waals surface area contributed by atoms with Crippen LogP contribution in [-0.2, 0) is 6.54 Å². The van der Waals surface area contributed by atoms with E-state index in [1.54, 1.807) is 18.3 Å². The van der Waals surface area contributed by atoms with Crippen LogP contribution in [0.25, 0.3) is 0 Å². The van der Waals surface area contributed by atoms with Gasteiger partial charge in [0.1, 0.15) is 0 Å². The number of non-ortho nitro benzene ring substituents is 1. The summed E-state index contributed by atoms with van der Waals surface area (Å²) in [7, 11) is 0. The van der Waals surface area contributed by atoms with E-state index in [-0.39, 0.29) is 5.69 Å². The lowest BCUT2D eigenvalue weighted by Gasteiger charge is -2.33. The van der Waals surface area contributed by atoms with Crippen molar-refractivity contribution in [3.05, 3.63) is 74.8 Å². The Bertz CT molecular complexity index is 739. The first kappa shape index (κ1) is 17.4. The molecule has 0 radical (unpaired) electrons. The van der Waals surface area contributed by atoms with Crippen molar-refractivity contribution in [1.29, 1.82) is 0 Å². The summed E-state index contributed by atoms with van der Waals surface area (Å²) in [6, 6.07) is 14.3. The molecule has 1 aliphatic heterocycles. The van der Waals surface area contributed by atoms with Gasteiger partial charge >= 0.3 is 0 Å². The van der Waals surface area contributed by atoms with Crippen LogP contribution in [0.3, 0.4) is 0 Å². The van der Waals surface area contributed by atoms with Crippen LogP contribution in [0.2, 0.25) is 5.02 Å². The summed E-state index contributed by atoms with van der Waals surface area (Å²) in [5.41, 5.74) is 2.20. The summed E-state index contributed by atoms with van der Waals surface area (Å²) in [4.78, 5) is 12.6. The molecule has 0 N–H and O–H groups in total. The molecule has 0 aromatic heterocycles. The topological polar surface area (TPSA) is 62.0 Å². The Morgan fingerprint density at radius 1 is 1.04 bits per heavy atom. The zero-order chi connectivity index (χ0) is 17.6. The first-order valence-electron chi connectivity index (χ1n) is 8.10. The van der Waals surface area contributed by atoms with Gasteiger partial charge < -0.3 is 0 Å². The third-order valence-corrected chi connectivity index (χ3v) is 4.39. The van der Waals surface area contributed by atoms with E-state index in [4.69, 9.17) is 11.6 Å². The molecule has 0 aliphatic carbocycles. The van der Waals surface area contributed by atoms with Gasteiger partial charge in [-0.15, -0.1) is 0 Å². The predicted octanol–water partition coefficient (Wildman–Crippen LogP) is 3.40. The Morgan fingerprint density at radius 3 is 2.28 bits per heavy atom. The maximum atomic E-state index is 10.6. The lowest BCUT2D eigenvalue weighted by molar-refractivity contribution is -0.384. The largest absolute Gasteiger partial charge is 0.295 e. The summed E-state index contributed by atoms with van der Waals surface area (Å²) >= 11 is 5.91. The smallest absolute Gasteiger partial charge is 0.269 e. The average molecular weight is 359 g/mol. The summed E-state index contributed by atoms with van der Waals surface area (Å²) in [5.74, 6) is 0. The number of nitro benzene ring substituents is 1. The van der Waals surface area contributed by atoms with Gasteiger partial charge in [0.15, 0.2) is 0 Å². The second-order valence-corrected chi connectivity index (χ2v) is 6.39. The van der Waals surface area contributed by atoms with Crippen molar-refractivity contribution in [2.75, 3.05) is 26.2 Å². The van der Waals surface area contributed by atoms with Crippen molar-refractivity contribution in [2.24, 2.45) is 5.10 Å². The molecule has 0 bridgehead atoms. The predicted molar refractivity (Wildman–Crippen MR) is 99.0 cm³/mol. The van der Waals surface area contributed by atoms with Crippen molar-refractivity contribution in [3.63, 3.8) is 0 Å². The van der Waals surface area contributed by atoms with Gasteiger partial charge in [-0.3, -0.25) is 20.0 Å². The highest BCUT2D eigenvalue weighted by atomic mass is 35.5. The van der Waals surface area contributed by atoms with Crippen molar-refractivity contribution in [2.45, 2.75) is 6.54 Å². The summed E-state index contributed by atoms with van der Waals surface area (Å²) in [5, 5.41) is 17.9. The summed E-state index contributed by atoms with van der Waals surface area (Å²) in [6.45, 7) is 4.52. The number of hydrazone groups is 1. The van der Waals surface area contributed by atoms with Crippen LogP contribution in [0, 0.1) is 10.1 Å². The molecule has 3 rings (SSSR count). The molecule has 1 saturated heterocycles. The molecular formula is C18H19ClN4O2. The minimum atomic E-state index is -0.402. The van der Waals surface area contributed by atoms with Gasteiger partial charge in [0.05, 0.1) is 11.1 Å². The summed E-state index contributed by atoms with van der Waals surface area (Å²) < 4.78 is 0. The molecule has 2 aromatic rings. The van der Waals surface area contributed by atoms with Crippen molar-refractivity contribution < 1.29 is 4.92 Å². The highest BCUT2D eigenvalue weighted by Gasteiger charge is 2.15. The summed E-state index contributed by atoms with van der Waals surface area (Å²) in [6.07, 6.45) is 1.75. The van der Waals surface area contributed by atoms with Gasteiger partial charge in [-0.05, 0) is 35.4 Å². The maximum Gasteiger partial charge on any atom is 0.269 e. The van der Waals surface area contributed by atoms with E-state index >= 15 is 0 Å². The fourth-order valence-electron chi connectivity index (χ4n) is 2.69. The van der Waals surface area contributed by atoms with Gasteiger partial charge in [-0.25, -0.2) is 0 Å². The standard InChI is InChI=1S/C18H19ClN4O2/c19-17-5-1-16(2-6-17)14-21-9-11-22(12-10-21)20-13-15-3-7-18(8-4-15)23(24)25/h1-8,13H,9-12,14H2. The number of piperazine rings is 1. The Hall–Kier alpha value is -2.44. The van der Waals surface area contributed by atoms with E-state index in [0.29, 0.717) is 0 Å². The molecule has 1 aliphatic rings. The molecule has 6 nitrogen and oxygen atoms in total. The first-order valence-corrected chi connectivity index (χ1v) is 8.48. The van der Waals surface area contributed by atoms with E-state index < -0.39 is 4.92 Å². The van der Waals surface area contributed by atoms with Gasteiger partial charge in [-0.1, -0.05) is 23.7 Å². The third kappa shape index (κ3) is 5.01. The zero-order valence-electron chi connectivity index (χ0n) is 13.7. The second-order valence-electron chi connectivity index (χ2n) is 5.95.